The largest absolute Gasteiger partial charge is 0.481 e. The summed E-state index contributed by atoms with van der Waals surface area (Å²) in [6, 6.07) is 0.116. The number of carboxylic acid groups (broad SMARTS) is 1. The second-order valence-corrected chi connectivity index (χ2v) is 5.42. The molecule has 0 radical (unpaired) electrons. The molecule has 110 valence electrons. The van der Waals surface area contributed by atoms with Crippen molar-refractivity contribution in [1.82, 2.24) is 9.80 Å². The SMILES string of the molecule is CCCCN(C)C(=O)N1CCC(CCC(=O)O)CC1. The number of amides is 2. The number of nitrogens with zero attached hydrogens (tertiary/aromatic N) is 2. The molecule has 0 unspecified atom stereocenters. The summed E-state index contributed by atoms with van der Waals surface area (Å²) in [6.45, 7) is 4.46. The summed E-state index contributed by atoms with van der Waals surface area (Å²) in [5.41, 5.74) is 0. The fourth-order valence-electron chi connectivity index (χ4n) is 2.47. The summed E-state index contributed by atoms with van der Waals surface area (Å²) in [5.74, 6) is -0.265. The van der Waals surface area contributed by atoms with Crippen LogP contribution in [0.25, 0.3) is 0 Å². The van der Waals surface area contributed by atoms with Crippen LogP contribution < -0.4 is 0 Å². The van der Waals surface area contributed by atoms with Crippen LogP contribution >= 0.6 is 0 Å². The Morgan fingerprint density at radius 1 is 1.32 bits per heavy atom. The lowest BCUT2D eigenvalue weighted by Gasteiger charge is -2.34. The van der Waals surface area contributed by atoms with Crippen LogP contribution in [0.1, 0.15) is 45.4 Å². The molecule has 1 aliphatic heterocycles. The number of rotatable bonds is 6. The van der Waals surface area contributed by atoms with Crippen LogP contribution in [0.2, 0.25) is 0 Å². The first kappa shape index (κ1) is 15.8. The van der Waals surface area contributed by atoms with Crippen molar-refractivity contribution in [3.05, 3.63) is 0 Å². The first-order chi connectivity index (χ1) is 9.04. The maximum atomic E-state index is 12.1. The lowest BCUT2D eigenvalue weighted by Crippen LogP contribution is -2.45. The van der Waals surface area contributed by atoms with Gasteiger partial charge in [-0.25, -0.2) is 4.79 Å². The molecule has 19 heavy (non-hydrogen) atoms. The van der Waals surface area contributed by atoms with E-state index >= 15 is 0 Å². The molecule has 1 N–H and O–H groups in total. The van der Waals surface area contributed by atoms with Gasteiger partial charge in [-0.05, 0) is 31.6 Å². The van der Waals surface area contributed by atoms with E-state index in [0.29, 0.717) is 5.92 Å². The van der Waals surface area contributed by atoms with Crippen molar-refractivity contribution in [3.8, 4) is 0 Å². The van der Waals surface area contributed by atoms with E-state index in [4.69, 9.17) is 5.11 Å². The number of hydrogen-bond donors (Lipinski definition) is 1. The highest BCUT2D eigenvalue weighted by molar-refractivity contribution is 5.74. The molecule has 5 nitrogen and oxygen atoms in total. The van der Waals surface area contributed by atoms with Crippen molar-refractivity contribution in [3.63, 3.8) is 0 Å². The standard InChI is InChI=1S/C14H26N2O3/c1-3-4-9-15(2)14(19)16-10-7-12(8-11-16)5-6-13(17)18/h12H,3-11H2,1-2H3,(H,17,18). The zero-order chi connectivity index (χ0) is 14.3. The van der Waals surface area contributed by atoms with Gasteiger partial charge in [-0.2, -0.15) is 0 Å². The van der Waals surface area contributed by atoms with Gasteiger partial charge < -0.3 is 14.9 Å². The lowest BCUT2D eigenvalue weighted by molar-refractivity contribution is -0.137. The van der Waals surface area contributed by atoms with E-state index in [-0.39, 0.29) is 12.5 Å². The fraction of sp³-hybridized carbons (Fsp3) is 0.857. The number of carbonyl (C=O) groups excluding carboxylic acids is 1. The summed E-state index contributed by atoms with van der Waals surface area (Å²) in [7, 11) is 1.86. The van der Waals surface area contributed by atoms with E-state index in [1.807, 2.05) is 11.9 Å². The minimum atomic E-state index is -0.724. The number of urea groups is 1. The quantitative estimate of drug-likeness (QED) is 0.806. The van der Waals surface area contributed by atoms with E-state index < -0.39 is 5.97 Å². The van der Waals surface area contributed by atoms with Gasteiger partial charge in [-0.1, -0.05) is 13.3 Å². The summed E-state index contributed by atoms with van der Waals surface area (Å²) >= 11 is 0. The molecule has 0 aromatic carbocycles. The molecule has 0 atom stereocenters. The molecule has 0 aromatic heterocycles. The minimum absolute atomic E-state index is 0.116. The Morgan fingerprint density at radius 3 is 2.47 bits per heavy atom. The summed E-state index contributed by atoms with van der Waals surface area (Å²) in [4.78, 5) is 26.4. The first-order valence-corrected chi connectivity index (χ1v) is 7.26. The van der Waals surface area contributed by atoms with Gasteiger partial charge in [0, 0.05) is 33.1 Å². The molecule has 1 fully saturated rings. The Hall–Kier alpha value is -1.26. The summed E-state index contributed by atoms with van der Waals surface area (Å²) < 4.78 is 0. The third-order valence-electron chi connectivity index (χ3n) is 3.83. The van der Waals surface area contributed by atoms with Gasteiger partial charge in [0.05, 0.1) is 0 Å². The van der Waals surface area contributed by atoms with Crippen LogP contribution in [0.3, 0.4) is 0 Å². The number of likely N-dealkylation sites (tertiary alicyclic amines) is 1. The van der Waals surface area contributed by atoms with Crippen molar-refractivity contribution < 1.29 is 14.7 Å². The van der Waals surface area contributed by atoms with Crippen LogP contribution in [-0.4, -0.2) is 53.6 Å². The Bertz CT molecular complexity index is 299. The topological polar surface area (TPSA) is 60.9 Å². The molecule has 1 saturated heterocycles. The van der Waals surface area contributed by atoms with E-state index in [1.54, 1.807) is 4.90 Å². The Balaban J connectivity index is 2.28. The number of unbranched alkanes of at least 4 members (excludes halogenated alkanes) is 1. The van der Waals surface area contributed by atoms with Crippen molar-refractivity contribution in [2.75, 3.05) is 26.7 Å². The zero-order valence-electron chi connectivity index (χ0n) is 12.1. The molecule has 0 aliphatic carbocycles. The molecule has 0 aromatic rings. The summed E-state index contributed by atoms with van der Waals surface area (Å²) in [6.07, 6.45) is 4.98. The predicted molar refractivity (Wildman–Crippen MR) is 74.1 cm³/mol. The highest BCUT2D eigenvalue weighted by Gasteiger charge is 2.24. The van der Waals surface area contributed by atoms with Crippen LogP contribution in [-0.2, 0) is 4.79 Å². The van der Waals surface area contributed by atoms with E-state index in [2.05, 4.69) is 6.92 Å². The van der Waals surface area contributed by atoms with Gasteiger partial charge in [0.15, 0.2) is 0 Å². The number of carboxylic acids is 1. The Kier molecular flexibility index (Phi) is 6.67. The molecular formula is C14H26N2O3. The molecular weight excluding hydrogens is 244 g/mol. The van der Waals surface area contributed by atoms with Crippen molar-refractivity contribution in [2.45, 2.75) is 45.4 Å². The molecule has 5 heteroatoms. The number of carbonyl (C=O) groups is 2. The van der Waals surface area contributed by atoms with Crippen LogP contribution in [0.4, 0.5) is 4.79 Å². The van der Waals surface area contributed by atoms with Gasteiger partial charge >= 0.3 is 12.0 Å². The Labute approximate surface area is 115 Å². The first-order valence-electron chi connectivity index (χ1n) is 7.26. The minimum Gasteiger partial charge on any atom is -0.481 e. The third kappa shape index (κ3) is 5.49. The molecule has 0 bridgehead atoms. The van der Waals surface area contributed by atoms with Crippen molar-refractivity contribution >= 4 is 12.0 Å². The molecule has 2 amide bonds. The molecule has 1 heterocycles. The monoisotopic (exact) mass is 270 g/mol. The zero-order valence-corrected chi connectivity index (χ0v) is 12.1. The van der Waals surface area contributed by atoms with Gasteiger partial charge in [0.1, 0.15) is 0 Å². The Morgan fingerprint density at radius 2 is 1.95 bits per heavy atom. The number of piperidine rings is 1. The van der Waals surface area contributed by atoms with Crippen LogP contribution in [0.5, 0.6) is 0 Å². The second kappa shape index (κ2) is 8.02. The molecule has 0 saturated carbocycles. The third-order valence-corrected chi connectivity index (χ3v) is 3.83. The van der Waals surface area contributed by atoms with E-state index in [9.17, 15) is 9.59 Å². The lowest BCUT2D eigenvalue weighted by atomic mass is 9.92. The molecule has 1 aliphatic rings. The van der Waals surface area contributed by atoms with Gasteiger partial charge in [-0.3, -0.25) is 4.79 Å². The predicted octanol–water partition coefficient (Wildman–Crippen LogP) is 2.42. The number of hydrogen-bond acceptors (Lipinski definition) is 2. The highest BCUT2D eigenvalue weighted by Crippen LogP contribution is 2.22. The van der Waals surface area contributed by atoms with Crippen LogP contribution in [0.15, 0.2) is 0 Å². The van der Waals surface area contributed by atoms with Gasteiger partial charge in [0.25, 0.3) is 0 Å². The smallest absolute Gasteiger partial charge is 0.319 e. The maximum absolute atomic E-state index is 12.1. The van der Waals surface area contributed by atoms with Gasteiger partial charge in [-0.15, -0.1) is 0 Å². The number of aliphatic carboxylic acids is 1. The second-order valence-electron chi connectivity index (χ2n) is 5.42. The van der Waals surface area contributed by atoms with Crippen molar-refractivity contribution in [1.29, 1.82) is 0 Å². The van der Waals surface area contributed by atoms with Crippen LogP contribution in [0, 0.1) is 5.92 Å². The van der Waals surface area contributed by atoms with E-state index in [1.165, 1.54) is 0 Å². The van der Waals surface area contributed by atoms with Gasteiger partial charge in [0.2, 0.25) is 0 Å². The average molecular weight is 270 g/mol. The normalized spacial score (nSPS) is 16.4. The maximum Gasteiger partial charge on any atom is 0.319 e. The van der Waals surface area contributed by atoms with Crippen molar-refractivity contribution in [2.24, 2.45) is 5.92 Å². The average Bonchev–Trinajstić information content (AvgIpc) is 2.42. The highest BCUT2D eigenvalue weighted by atomic mass is 16.4. The summed E-state index contributed by atoms with van der Waals surface area (Å²) in [5, 5.41) is 8.67. The van der Waals surface area contributed by atoms with E-state index in [0.717, 1.165) is 51.7 Å². The fourth-order valence-corrected chi connectivity index (χ4v) is 2.47. The molecule has 1 rings (SSSR count). The molecule has 0 spiro atoms.